The van der Waals surface area contributed by atoms with Crippen LogP contribution in [-0.2, 0) is 19.2 Å². The van der Waals surface area contributed by atoms with Crippen molar-refractivity contribution in [1.29, 1.82) is 0 Å². The van der Waals surface area contributed by atoms with Crippen LogP contribution in [0.5, 0.6) is 0 Å². The van der Waals surface area contributed by atoms with Gasteiger partial charge in [-0.25, -0.2) is 0 Å². The molecule has 0 aliphatic carbocycles. The van der Waals surface area contributed by atoms with E-state index in [1.54, 1.807) is 0 Å². The Balaban J connectivity index is 0. The van der Waals surface area contributed by atoms with Gasteiger partial charge in [0.25, 0.3) is 0 Å². The predicted molar refractivity (Wildman–Crippen MR) is 74.1 cm³/mol. The summed E-state index contributed by atoms with van der Waals surface area (Å²) in [5, 5.41) is 33.2. The Morgan fingerprint density at radius 3 is 1.09 bits per heavy atom. The highest BCUT2D eigenvalue weighted by Crippen LogP contribution is 2.06. The van der Waals surface area contributed by atoms with E-state index in [0.717, 1.165) is 0 Å². The van der Waals surface area contributed by atoms with Crippen molar-refractivity contribution in [1.82, 2.24) is 0 Å². The molecule has 0 saturated heterocycles. The molecule has 4 atom stereocenters. The van der Waals surface area contributed by atoms with Gasteiger partial charge in [-0.3, -0.25) is 19.2 Å². The van der Waals surface area contributed by atoms with Crippen molar-refractivity contribution in [3.63, 3.8) is 0 Å². The average Bonchev–Trinajstić information content (AvgIpc) is 2.35. The minimum atomic E-state index is -1.17. The lowest BCUT2D eigenvalue weighted by Gasteiger charge is -2.12. The lowest BCUT2D eigenvalue weighted by molar-refractivity contribution is -0.143. The fourth-order valence-corrected chi connectivity index (χ4v) is 1.29. The molecule has 128 valence electrons. The summed E-state index contributed by atoms with van der Waals surface area (Å²) in [7, 11) is 0. The lowest BCUT2D eigenvalue weighted by Crippen LogP contribution is -2.37. The lowest BCUT2D eigenvalue weighted by atomic mass is 10.00. The van der Waals surface area contributed by atoms with Gasteiger partial charge in [-0.2, -0.15) is 0 Å². The van der Waals surface area contributed by atoms with E-state index in [0.29, 0.717) is 0 Å². The van der Waals surface area contributed by atoms with Crippen LogP contribution in [0.15, 0.2) is 0 Å². The van der Waals surface area contributed by atoms with E-state index < -0.39 is 47.8 Å². The van der Waals surface area contributed by atoms with Gasteiger partial charge in [0.1, 0.15) is 12.1 Å². The van der Waals surface area contributed by atoms with Gasteiger partial charge in [0.2, 0.25) is 0 Å². The number of carbonyl (C=O) groups is 4. The predicted octanol–water partition coefficient (Wildman–Crippen LogP) is -0.982. The number of rotatable bonds is 8. The normalized spacial score (nSPS) is 15.5. The van der Waals surface area contributed by atoms with Gasteiger partial charge in [0.15, 0.2) is 0 Å². The largest absolute Gasteiger partial charge is 0.481 e. The van der Waals surface area contributed by atoms with Crippen LogP contribution < -0.4 is 11.5 Å². The summed E-state index contributed by atoms with van der Waals surface area (Å²) in [6, 6.07) is -2.18. The summed E-state index contributed by atoms with van der Waals surface area (Å²) in [6.07, 6.45) is -0.430. The van der Waals surface area contributed by atoms with Crippen molar-refractivity contribution in [2.75, 3.05) is 0 Å². The maximum atomic E-state index is 10.2. The quantitative estimate of drug-likeness (QED) is 0.322. The van der Waals surface area contributed by atoms with E-state index in [4.69, 9.17) is 31.9 Å². The van der Waals surface area contributed by atoms with E-state index in [9.17, 15) is 19.2 Å². The van der Waals surface area contributed by atoms with Crippen LogP contribution in [0.3, 0.4) is 0 Å². The minimum absolute atomic E-state index is 0.215. The monoisotopic (exact) mass is 322 g/mol. The van der Waals surface area contributed by atoms with Gasteiger partial charge in [0.05, 0.1) is 0 Å². The Bertz CT molecular complexity index is 374. The summed E-state index contributed by atoms with van der Waals surface area (Å²) in [6.45, 7) is 2.99. The molecule has 0 aliphatic rings. The highest BCUT2D eigenvalue weighted by Gasteiger charge is 2.22. The molecule has 10 nitrogen and oxygen atoms in total. The second-order valence-electron chi connectivity index (χ2n) is 4.88. The Morgan fingerprint density at radius 1 is 0.727 bits per heavy atom. The van der Waals surface area contributed by atoms with Crippen LogP contribution in [0, 0.1) is 11.8 Å². The zero-order chi connectivity index (χ0) is 18.0. The van der Waals surface area contributed by atoms with Gasteiger partial charge in [-0.15, -0.1) is 0 Å². The van der Waals surface area contributed by atoms with Crippen LogP contribution in [0.1, 0.15) is 26.7 Å². The van der Waals surface area contributed by atoms with Gasteiger partial charge in [-0.1, -0.05) is 13.8 Å². The molecule has 10 heteroatoms. The van der Waals surface area contributed by atoms with Crippen molar-refractivity contribution in [2.45, 2.75) is 38.8 Å². The second kappa shape index (κ2) is 10.5. The summed E-state index contributed by atoms with van der Waals surface area (Å²) < 4.78 is 0. The van der Waals surface area contributed by atoms with Crippen LogP contribution >= 0.6 is 0 Å². The van der Waals surface area contributed by atoms with Crippen molar-refractivity contribution >= 4 is 23.9 Å². The number of aliphatic carboxylic acids is 4. The first-order valence-corrected chi connectivity index (χ1v) is 6.30. The SMILES string of the molecule is C[C@@H](CC(=O)O)[C@@H](N)C(=O)O.C[C@H](CC(=O)O)[C@H](N)C(=O)O. The first kappa shape index (κ1) is 22.1. The van der Waals surface area contributed by atoms with Crippen LogP contribution in [0.4, 0.5) is 0 Å². The van der Waals surface area contributed by atoms with Gasteiger partial charge in [0, 0.05) is 12.8 Å². The standard InChI is InChI=1S/2C6H11NO4/c2*1-3(2-4(8)9)5(7)6(10)11/h2*3,5H,2,7H2,1H3,(H,8,9)(H,10,11)/t2*3-,5+/m10/s1. The van der Waals surface area contributed by atoms with Gasteiger partial charge >= 0.3 is 23.9 Å². The van der Waals surface area contributed by atoms with Gasteiger partial charge in [-0.05, 0) is 11.8 Å². The van der Waals surface area contributed by atoms with E-state index in [-0.39, 0.29) is 12.8 Å². The van der Waals surface area contributed by atoms with E-state index >= 15 is 0 Å². The topological polar surface area (TPSA) is 201 Å². The molecule has 0 aromatic heterocycles. The molecule has 0 radical (unpaired) electrons. The molecule has 0 heterocycles. The van der Waals surface area contributed by atoms with Gasteiger partial charge < -0.3 is 31.9 Å². The fourth-order valence-electron chi connectivity index (χ4n) is 1.29. The first-order chi connectivity index (χ1) is 9.89. The van der Waals surface area contributed by atoms with Crippen molar-refractivity contribution in [2.24, 2.45) is 23.3 Å². The maximum absolute atomic E-state index is 10.2. The molecule has 0 spiro atoms. The zero-order valence-corrected chi connectivity index (χ0v) is 12.3. The number of carboxylic acid groups (broad SMARTS) is 4. The maximum Gasteiger partial charge on any atom is 0.320 e. The summed E-state index contributed by atoms with van der Waals surface area (Å²) in [5.74, 6) is -5.48. The molecule has 0 aromatic carbocycles. The minimum Gasteiger partial charge on any atom is -0.481 e. The fraction of sp³-hybridized carbons (Fsp3) is 0.667. The highest BCUT2D eigenvalue weighted by molar-refractivity contribution is 5.75. The summed E-state index contributed by atoms with van der Waals surface area (Å²) in [4.78, 5) is 40.6. The third-order valence-corrected chi connectivity index (χ3v) is 2.79. The Kier molecular flexibility index (Phi) is 10.6. The van der Waals surface area contributed by atoms with Crippen LogP contribution in [-0.4, -0.2) is 56.4 Å². The highest BCUT2D eigenvalue weighted by atomic mass is 16.4. The van der Waals surface area contributed by atoms with Crippen molar-refractivity contribution in [3.05, 3.63) is 0 Å². The molecular formula is C12H22N2O8. The smallest absolute Gasteiger partial charge is 0.320 e. The molecule has 0 unspecified atom stereocenters. The summed E-state index contributed by atoms with van der Waals surface area (Å²) in [5.41, 5.74) is 10.3. The molecule has 8 N–H and O–H groups in total. The van der Waals surface area contributed by atoms with Crippen molar-refractivity contribution < 1.29 is 39.6 Å². The Hall–Kier alpha value is -2.20. The molecular weight excluding hydrogens is 300 g/mol. The van der Waals surface area contributed by atoms with E-state index in [1.165, 1.54) is 13.8 Å². The number of hydrogen-bond acceptors (Lipinski definition) is 6. The number of carboxylic acids is 4. The second-order valence-corrected chi connectivity index (χ2v) is 4.88. The molecule has 0 amide bonds. The average molecular weight is 322 g/mol. The molecule has 0 aliphatic heterocycles. The number of hydrogen-bond donors (Lipinski definition) is 6. The Labute approximate surface area is 126 Å². The molecule has 22 heavy (non-hydrogen) atoms. The molecule has 0 rings (SSSR count). The third kappa shape index (κ3) is 10.6. The molecule has 0 saturated carbocycles. The third-order valence-electron chi connectivity index (χ3n) is 2.79. The molecule has 0 aromatic rings. The Morgan fingerprint density at radius 2 is 0.955 bits per heavy atom. The van der Waals surface area contributed by atoms with Crippen molar-refractivity contribution in [3.8, 4) is 0 Å². The van der Waals surface area contributed by atoms with Crippen LogP contribution in [0.25, 0.3) is 0 Å². The van der Waals surface area contributed by atoms with Crippen LogP contribution in [0.2, 0.25) is 0 Å². The molecule has 0 bridgehead atoms. The summed E-state index contributed by atoms with van der Waals surface area (Å²) >= 11 is 0. The number of nitrogens with two attached hydrogens (primary N) is 2. The first-order valence-electron chi connectivity index (χ1n) is 6.30. The van der Waals surface area contributed by atoms with E-state index in [2.05, 4.69) is 0 Å². The zero-order valence-electron chi connectivity index (χ0n) is 12.3. The van der Waals surface area contributed by atoms with E-state index in [1.807, 2.05) is 0 Å². The molecule has 0 fully saturated rings.